The standard InChI is InChI=1S/C16H15BrO4/c1-21-16(20)15-12(13(17)8-9-14(15)19)7-4-10-2-5-11(18)6-3-10/h2-3,5-6,8-9,18-19H,4,7H2,1H3. The molecule has 0 bridgehead atoms. The normalized spacial score (nSPS) is 10.4. The van der Waals surface area contributed by atoms with Crippen molar-refractivity contribution in [3.63, 3.8) is 0 Å². The molecule has 0 fully saturated rings. The van der Waals surface area contributed by atoms with Crippen LogP contribution in [0.5, 0.6) is 11.5 Å². The predicted octanol–water partition coefficient (Wildman–Crippen LogP) is 3.43. The summed E-state index contributed by atoms with van der Waals surface area (Å²) in [5.41, 5.74) is 1.92. The maximum atomic E-state index is 11.8. The van der Waals surface area contributed by atoms with E-state index in [4.69, 9.17) is 4.74 Å². The van der Waals surface area contributed by atoms with Crippen LogP contribution in [-0.4, -0.2) is 23.3 Å². The average molecular weight is 351 g/mol. The predicted molar refractivity (Wildman–Crippen MR) is 82.7 cm³/mol. The van der Waals surface area contributed by atoms with Crippen molar-refractivity contribution in [2.45, 2.75) is 12.8 Å². The number of aromatic hydroxyl groups is 2. The van der Waals surface area contributed by atoms with Gasteiger partial charge in [0.15, 0.2) is 0 Å². The lowest BCUT2D eigenvalue weighted by Crippen LogP contribution is -2.08. The van der Waals surface area contributed by atoms with Crippen molar-refractivity contribution in [1.29, 1.82) is 0 Å². The molecule has 0 aliphatic rings. The molecule has 110 valence electrons. The SMILES string of the molecule is COC(=O)c1c(O)ccc(Br)c1CCc1ccc(O)cc1. The highest BCUT2D eigenvalue weighted by atomic mass is 79.9. The molecule has 0 aliphatic carbocycles. The van der Waals surface area contributed by atoms with Gasteiger partial charge >= 0.3 is 5.97 Å². The van der Waals surface area contributed by atoms with Gasteiger partial charge < -0.3 is 14.9 Å². The topological polar surface area (TPSA) is 66.8 Å². The second-order valence-corrected chi connectivity index (χ2v) is 5.43. The lowest BCUT2D eigenvalue weighted by Gasteiger charge is -2.12. The highest BCUT2D eigenvalue weighted by Gasteiger charge is 2.19. The minimum atomic E-state index is -0.561. The zero-order valence-electron chi connectivity index (χ0n) is 11.5. The first-order chi connectivity index (χ1) is 10.0. The second kappa shape index (κ2) is 6.63. The average Bonchev–Trinajstić information content (AvgIpc) is 2.49. The zero-order valence-corrected chi connectivity index (χ0v) is 13.1. The molecule has 2 aromatic rings. The van der Waals surface area contributed by atoms with E-state index >= 15 is 0 Å². The van der Waals surface area contributed by atoms with Crippen molar-refractivity contribution in [3.8, 4) is 11.5 Å². The quantitative estimate of drug-likeness (QED) is 0.829. The Kier molecular flexibility index (Phi) is 4.85. The van der Waals surface area contributed by atoms with Crippen molar-refractivity contribution in [2.75, 3.05) is 7.11 Å². The Morgan fingerprint density at radius 3 is 2.38 bits per heavy atom. The molecule has 2 N–H and O–H groups in total. The van der Waals surface area contributed by atoms with Gasteiger partial charge in [0.1, 0.15) is 17.1 Å². The van der Waals surface area contributed by atoms with Gasteiger partial charge in [0.25, 0.3) is 0 Å². The van der Waals surface area contributed by atoms with Crippen LogP contribution in [0.3, 0.4) is 0 Å². The van der Waals surface area contributed by atoms with E-state index in [0.717, 1.165) is 10.0 Å². The number of methoxy groups -OCH3 is 1. The van der Waals surface area contributed by atoms with Crippen LogP contribution in [0.25, 0.3) is 0 Å². The van der Waals surface area contributed by atoms with Crippen LogP contribution in [0.2, 0.25) is 0 Å². The molecular weight excluding hydrogens is 336 g/mol. The molecule has 0 spiro atoms. The van der Waals surface area contributed by atoms with Crippen molar-refractivity contribution in [1.82, 2.24) is 0 Å². The Hall–Kier alpha value is -2.01. The molecule has 5 heteroatoms. The molecule has 2 aromatic carbocycles. The van der Waals surface area contributed by atoms with Gasteiger partial charge in [0.2, 0.25) is 0 Å². The van der Waals surface area contributed by atoms with E-state index in [-0.39, 0.29) is 17.1 Å². The minimum absolute atomic E-state index is 0.0919. The first-order valence-electron chi connectivity index (χ1n) is 6.39. The van der Waals surface area contributed by atoms with Crippen molar-refractivity contribution < 1.29 is 19.7 Å². The van der Waals surface area contributed by atoms with Gasteiger partial charge in [-0.3, -0.25) is 0 Å². The monoisotopic (exact) mass is 350 g/mol. The maximum absolute atomic E-state index is 11.8. The molecule has 0 amide bonds. The number of carbonyl (C=O) groups is 1. The van der Waals surface area contributed by atoms with E-state index in [1.54, 1.807) is 18.2 Å². The zero-order chi connectivity index (χ0) is 15.4. The molecule has 0 aromatic heterocycles. The lowest BCUT2D eigenvalue weighted by molar-refractivity contribution is 0.0596. The van der Waals surface area contributed by atoms with E-state index in [9.17, 15) is 15.0 Å². The number of phenolic OH excluding ortho intramolecular Hbond substituents is 2. The van der Waals surface area contributed by atoms with Crippen molar-refractivity contribution in [3.05, 3.63) is 57.6 Å². The van der Waals surface area contributed by atoms with Gasteiger partial charge in [-0.15, -0.1) is 0 Å². The number of ether oxygens (including phenoxy) is 1. The fourth-order valence-electron chi connectivity index (χ4n) is 2.12. The second-order valence-electron chi connectivity index (χ2n) is 4.58. The first-order valence-corrected chi connectivity index (χ1v) is 7.18. The Morgan fingerprint density at radius 1 is 1.10 bits per heavy atom. The largest absolute Gasteiger partial charge is 0.508 e. The molecule has 0 atom stereocenters. The Labute approximate surface area is 131 Å². The van der Waals surface area contributed by atoms with Crippen LogP contribution in [0, 0.1) is 0 Å². The smallest absolute Gasteiger partial charge is 0.341 e. The van der Waals surface area contributed by atoms with Crippen LogP contribution in [0.1, 0.15) is 21.5 Å². The Morgan fingerprint density at radius 2 is 1.76 bits per heavy atom. The van der Waals surface area contributed by atoms with E-state index in [1.807, 2.05) is 12.1 Å². The number of benzene rings is 2. The number of aryl methyl sites for hydroxylation is 1. The summed E-state index contributed by atoms with van der Waals surface area (Å²) in [6.45, 7) is 0. The van der Waals surface area contributed by atoms with Crippen molar-refractivity contribution in [2.24, 2.45) is 0 Å². The summed E-state index contributed by atoms with van der Waals surface area (Å²) in [6.07, 6.45) is 1.23. The van der Waals surface area contributed by atoms with Gasteiger partial charge in [-0.1, -0.05) is 28.1 Å². The van der Waals surface area contributed by atoms with Gasteiger partial charge in [-0.25, -0.2) is 4.79 Å². The van der Waals surface area contributed by atoms with Crippen LogP contribution < -0.4 is 0 Å². The number of halogens is 1. The highest BCUT2D eigenvalue weighted by Crippen LogP contribution is 2.30. The molecule has 4 nitrogen and oxygen atoms in total. The van der Waals surface area contributed by atoms with Gasteiger partial charge in [0, 0.05) is 4.47 Å². The van der Waals surface area contributed by atoms with Crippen LogP contribution >= 0.6 is 15.9 Å². The molecule has 21 heavy (non-hydrogen) atoms. The molecule has 0 saturated heterocycles. The third-order valence-electron chi connectivity index (χ3n) is 3.22. The van der Waals surface area contributed by atoms with E-state index in [1.165, 1.54) is 13.2 Å². The Balaban J connectivity index is 2.28. The number of hydrogen-bond acceptors (Lipinski definition) is 4. The highest BCUT2D eigenvalue weighted by molar-refractivity contribution is 9.10. The maximum Gasteiger partial charge on any atom is 0.341 e. The molecule has 0 radical (unpaired) electrons. The van der Waals surface area contributed by atoms with Crippen LogP contribution in [0.4, 0.5) is 0 Å². The Bertz CT molecular complexity index is 650. The third-order valence-corrected chi connectivity index (χ3v) is 3.97. The molecular formula is C16H15BrO4. The van der Waals surface area contributed by atoms with E-state index in [2.05, 4.69) is 15.9 Å². The number of esters is 1. The van der Waals surface area contributed by atoms with Gasteiger partial charge in [-0.2, -0.15) is 0 Å². The van der Waals surface area contributed by atoms with E-state index in [0.29, 0.717) is 18.4 Å². The molecule has 2 rings (SSSR count). The summed E-state index contributed by atoms with van der Waals surface area (Å²) in [5, 5.41) is 19.2. The molecule has 0 aliphatic heterocycles. The summed E-state index contributed by atoms with van der Waals surface area (Å²) >= 11 is 3.41. The summed E-state index contributed by atoms with van der Waals surface area (Å²) in [5.74, 6) is -0.437. The van der Waals surface area contributed by atoms with Gasteiger partial charge in [-0.05, 0) is 48.2 Å². The number of carbonyl (C=O) groups excluding carboxylic acids is 1. The number of phenols is 2. The molecule has 0 unspecified atom stereocenters. The fourth-order valence-corrected chi connectivity index (χ4v) is 2.64. The van der Waals surface area contributed by atoms with Crippen LogP contribution in [-0.2, 0) is 17.6 Å². The van der Waals surface area contributed by atoms with E-state index < -0.39 is 5.97 Å². The van der Waals surface area contributed by atoms with Crippen molar-refractivity contribution >= 4 is 21.9 Å². The summed E-state index contributed by atoms with van der Waals surface area (Å²) < 4.78 is 5.48. The lowest BCUT2D eigenvalue weighted by atomic mass is 9.99. The third kappa shape index (κ3) is 3.55. The van der Waals surface area contributed by atoms with Gasteiger partial charge in [0.05, 0.1) is 7.11 Å². The minimum Gasteiger partial charge on any atom is -0.508 e. The molecule has 0 heterocycles. The summed E-state index contributed by atoms with van der Waals surface area (Å²) in [7, 11) is 1.28. The fraction of sp³-hybridized carbons (Fsp3) is 0.188. The number of hydrogen-bond donors (Lipinski definition) is 2. The summed E-state index contributed by atoms with van der Waals surface area (Å²) in [6, 6.07) is 10.0. The summed E-state index contributed by atoms with van der Waals surface area (Å²) in [4.78, 5) is 11.8. The molecule has 0 saturated carbocycles. The number of rotatable bonds is 4. The first kappa shape index (κ1) is 15.4. The van der Waals surface area contributed by atoms with Crippen LogP contribution in [0.15, 0.2) is 40.9 Å².